The highest BCUT2D eigenvalue weighted by atomic mass is 16.5. The van der Waals surface area contributed by atoms with Gasteiger partial charge in [-0.1, -0.05) is 25.0 Å². The highest BCUT2D eigenvalue weighted by Gasteiger charge is 2.10. The fourth-order valence-corrected chi connectivity index (χ4v) is 3.19. The van der Waals surface area contributed by atoms with Crippen LogP contribution in [0.4, 0.5) is 5.69 Å². The average molecular weight is 338 g/mol. The van der Waals surface area contributed by atoms with E-state index in [0.29, 0.717) is 5.56 Å². The van der Waals surface area contributed by atoms with Gasteiger partial charge in [-0.15, -0.1) is 0 Å². The molecule has 0 atom stereocenters. The standard InChI is InChI=1S/C21H26N2O2/c1-25-20-12-10-19(11-13-20)22-21(24)18-8-6-17(7-9-18)16-23-14-4-2-3-5-15-23/h6-13H,2-5,14-16H2,1H3,(H,22,24). The Kier molecular flexibility index (Phi) is 6.07. The fourth-order valence-electron chi connectivity index (χ4n) is 3.19. The third-order valence-corrected chi connectivity index (χ3v) is 4.67. The molecule has 1 aliphatic rings. The van der Waals surface area contributed by atoms with Gasteiger partial charge in [-0.3, -0.25) is 9.69 Å². The lowest BCUT2D eigenvalue weighted by atomic mass is 10.1. The SMILES string of the molecule is COc1ccc(NC(=O)c2ccc(CN3CCCCCC3)cc2)cc1. The molecule has 4 nitrogen and oxygen atoms in total. The molecule has 0 spiro atoms. The van der Waals surface area contributed by atoms with Crippen molar-refractivity contribution in [2.45, 2.75) is 32.2 Å². The van der Waals surface area contributed by atoms with Crippen LogP contribution in [0, 0.1) is 0 Å². The molecule has 1 N–H and O–H groups in total. The van der Waals surface area contributed by atoms with Crippen LogP contribution in [0.5, 0.6) is 5.75 Å². The smallest absolute Gasteiger partial charge is 0.255 e. The Morgan fingerprint density at radius 3 is 2.20 bits per heavy atom. The Bertz CT molecular complexity index is 672. The van der Waals surface area contributed by atoms with Gasteiger partial charge in [0.1, 0.15) is 5.75 Å². The highest BCUT2D eigenvalue weighted by molar-refractivity contribution is 6.04. The maximum absolute atomic E-state index is 12.4. The zero-order chi connectivity index (χ0) is 17.5. The summed E-state index contributed by atoms with van der Waals surface area (Å²) in [6.07, 6.45) is 5.28. The number of hydrogen-bond donors (Lipinski definition) is 1. The lowest BCUT2D eigenvalue weighted by Crippen LogP contribution is -2.24. The number of nitrogens with one attached hydrogen (secondary N) is 1. The molecule has 0 aliphatic carbocycles. The van der Waals surface area contributed by atoms with Gasteiger partial charge < -0.3 is 10.1 Å². The molecule has 0 radical (unpaired) electrons. The van der Waals surface area contributed by atoms with E-state index in [9.17, 15) is 4.79 Å². The summed E-state index contributed by atoms with van der Waals surface area (Å²) >= 11 is 0. The van der Waals surface area contributed by atoms with E-state index in [1.54, 1.807) is 7.11 Å². The normalized spacial score (nSPS) is 15.4. The number of nitrogens with zero attached hydrogens (tertiary/aromatic N) is 1. The molecule has 0 unspecified atom stereocenters. The number of likely N-dealkylation sites (tertiary alicyclic amines) is 1. The highest BCUT2D eigenvalue weighted by Crippen LogP contribution is 2.17. The van der Waals surface area contributed by atoms with Gasteiger partial charge >= 0.3 is 0 Å². The molecule has 132 valence electrons. The van der Waals surface area contributed by atoms with Crippen molar-refractivity contribution in [3.05, 3.63) is 59.7 Å². The molecule has 25 heavy (non-hydrogen) atoms. The summed E-state index contributed by atoms with van der Waals surface area (Å²) in [7, 11) is 1.63. The van der Waals surface area contributed by atoms with Crippen molar-refractivity contribution in [1.82, 2.24) is 4.90 Å². The Hall–Kier alpha value is -2.33. The topological polar surface area (TPSA) is 41.6 Å². The Balaban J connectivity index is 1.57. The second-order valence-corrected chi connectivity index (χ2v) is 6.57. The van der Waals surface area contributed by atoms with Gasteiger partial charge in [-0.2, -0.15) is 0 Å². The molecule has 1 aliphatic heterocycles. The first-order valence-corrected chi connectivity index (χ1v) is 9.01. The van der Waals surface area contributed by atoms with Crippen molar-refractivity contribution in [3.8, 4) is 5.75 Å². The van der Waals surface area contributed by atoms with Crippen LogP contribution < -0.4 is 10.1 Å². The number of anilines is 1. The molecule has 3 rings (SSSR count). The minimum absolute atomic E-state index is 0.0912. The predicted octanol–water partition coefficient (Wildman–Crippen LogP) is 4.32. The number of rotatable bonds is 5. The number of amides is 1. The molecule has 2 aromatic carbocycles. The third kappa shape index (κ3) is 5.07. The van der Waals surface area contributed by atoms with Crippen molar-refractivity contribution in [2.75, 3.05) is 25.5 Å². The summed E-state index contributed by atoms with van der Waals surface area (Å²) in [5, 5.41) is 2.91. The Morgan fingerprint density at radius 2 is 1.60 bits per heavy atom. The number of carbonyl (C=O) groups is 1. The molecule has 2 aromatic rings. The number of hydrogen-bond acceptors (Lipinski definition) is 3. The van der Waals surface area contributed by atoms with Crippen LogP contribution in [0.1, 0.15) is 41.6 Å². The Labute approximate surface area is 149 Å². The number of carbonyl (C=O) groups excluding carboxylic acids is 1. The predicted molar refractivity (Wildman–Crippen MR) is 101 cm³/mol. The second kappa shape index (κ2) is 8.67. The number of methoxy groups -OCH3 is 1. The largest absolute Gasteiger partial charge is 0.497 e. The van der Waals surface area contributed by atoms with E-state index in [4.69, 9.17) is 4.74 Å². The molecule has 1 heterocycles. The number of ether oxygens (including phenoxy) is 1. The summed E-state index contributed by atoms with van der Waals surface area (Å²) in [5.74, 6) is 0.683. The summed E-state index contributed by atoms with van der Waals surface area (Å²) in [6.45, 7) is 3.33. The molecule has 1 saturated heterocycles. The van der Waals surface area contributed by atoms with Gasteiger partial charge in [-0.05, 0) is 67.9 Å². The van der Waals surface area contributed by atoms with Gasteiger partial charge in [0.15, 0.2) is 0 Å². The van der Waals surface area contributed by atoms with Crippen molar-refractivity contribution in [3.63, 3.8) is 0 Å². The maximum atomic E-state index is 12.4. The van der Waals surface area contributed by atoms with E-state index in [-0.39, 0.29) is 5.91 Å². The van der Waals surface area contributed by atoms with E-state index in [1.165, 1.54) is 44.3 Å². The van der Waals surface area contributed by atoms with Crippen LogP contribution in [0.25, 0.3) is 0 Å². The quantitative estimate of drug-likeness (QED) is 0.882. The van der Waals surface area contributed by atoms with Crippen LogP contribution in [0.15, 0.2) is 48.5 Å². The maximum Gasteiger partial charge on any atom is 0.255 e. The van der Waals surface area contributed by atoms with Crippen LogP contribution in [0.2, 0.25) is 0 Å². The minimum atomic E-state index is -0.0912. The van der Waals surface area contributed by atoms with E-state index in [0.717, 1.165) is 18.0 Å². The molecule has 0 bridgehead atoms. The summed E-state index contributed by atoms with van der Waals surface area (Å²) in [4.78, 5) is 14.9. The first-order chi connectivity index (χ1) is 12.2. The van der Waals surface area contributed by atoms with Gasteiger partial charge in [0.2, 0.25) is 0 Å². The molecular weight excluding hydrogens is 312 g/mol. The third-order valence-electron chi connectivity index (χ3n) is 4.67. The van der Waals surface area contributed by atoms with Crippen molar-refractivity contribution in [2.24, 2.45) is 0 Å². The summed E-state index contributed by atoms with van der Waals surface area (Å²) in [6, 6.07) is 15.3. The van der Waals surface area contributed by atoms with Crippen molar-refractivity contribution >= 4 is 11.6 Å². The van der Waals surface area contributed by atoms with Crippen LogP contribution in [-0.4, -0.2) is 31.0 Å². The molecule has 0 saturated carbocycles. The molecule has 1 amide bonds. The second-order valence-electron chi connectivity index (χ2n) is 6.57. The van der Waals surface area contributed by atoms with E-state index >= 15 is 0 Å². The number of benzene rings is 2. The van der Waals surface area contributed by atoms with Crippen LogP contribution in [0.3, 0.4) is 0 Å². The monoisotopic (exact) mass is 338 g/mol. The molecule has 0 aromatic heterocycles. The zero-order valence-electron chi connectivity index (χ0n) is 14.8. The van der Waals surface area contributed by atoms with Crippen molar-refractivity contribution in [1.29, 1.82) is 0 Å². The fraction of sp³-hybridized carbons (Fsp3) is 0.381. The first kappa shape index (κ1) is 17.5. The van der Waals surface area contributed by atoms with E-state index in [1.807, 2.05) is 36.4 Å². The lowest BCUT2D eigenvalue weighted by Gasteiger charge is -2.19. The Morgan fingerprint density at radius 1 is 0.960 bits per heavy atom. The first-order valence-electron chi connectivity index (χ1n) is 9.01. The van der Waals surface area contributed by atoms with Gasteiger partial charge in [0, 0.05) is 17.8 Å². The van der Waals surface area contributed by atoms with Gasteiger partial charge in [-0.25, -0.2) is 0 Å². The summed E-state index contributed by atoms with van der Waals surface area (Å²) in [5.41, 5.74) is 2.71. The molecular formula is C21H26N2O2. The van der Waals surface area contributed by atoms with Gasteiger partial charge in [0.25, 0.3) is 5.91 Å². The van der Waals surface area contributed by atoms with Crippen LogP contribution >= 0.6 is 0 Å². The van der Waals surface area contributed by atoms with Crippen molar-refractivity contribution < 1.29 is 9.53 Å². The average Bonchev–Trinajstić information content (AvgIpc) is 2.91. The summed E-state index contributed by atoms with van der Waals surface area (Å²) < 4.78 is 5.13. The van der Waals surface area contributed by atoms with E-state index in [2.05, 4.69) is 22.3 Å². The molecule has 4 heteroatoms. The van der Waals surface area contributed by atoms with Gasteiger partial charge in [0.05, 0.1) is 7.11 Å². The van der Waals surface area contributed by atoms with E-state index < -0.39 is 0 Å². The minimum Gasteiger partial charge on any atom is -0.497 e. The lowest BCUT2D eigenvalue weighted by molar-refractivity contribution is 0.102. The van der Waals surface area contributed by atoms with Crippen LogP contribution in [-0.2, 0) is 6.54 Å². The zero-order valence-corrected chi connectivity index (χ0v) is 14.8. The molecule has 1 fully saturated rings.